The second kappa shape index (κ2) is 5.01. The van der Waals surface area contributed by atoms with Crippen LogP contribution in [-0.2, 0) is 0 Å². The van der Waals surface area contributed by atoms with Crippen LogP contribution in [0.3, 0.4) is 0 Å². The van der Waals surface area contributed by atoms with E-state index in [9.17, 15) is 5.11 Å². The van der Waals surface area contributed by atoms with Crippen molar-refractivity contribution in [1.29, 1.82) is 0 Å². The number of phenolic OH excluding ortho intramolecular Hbond substituents is 1. The molecule has 0 bridgehead atoms. The molecule has 88 valence electrons. The Kier molecular flexibility index (Phi) is 3.43. The number of hydrogen-bond donors (Lipinski definition) is 1. The zero-order valence-electron chi connectivity index (χ0n) is 9.32. The number of tetrazole rings is 1. The summed E-state index contributed by atoms with van der Waals surface area (Å²) in [5.41, 5.74) is 0.812. The van der Waals surface area contributed by atoms with E-state index in [1.54, 1.807) is 28.9 Å². The van der Waals surface area contributed by atoms with Gasteiger partial charge in [-0.25, -0.2) is 0 Å². The Bertz CT molecular complexity index is 508. The lowest BCUT2D eigenvalue weighted by Gasteiger charge is -2.06. The fourth-order valence-corrected chi connectivity index (χ4v) is 1.98. The minimum absolute atomic E-state index is 0.218. The zero-order valence-corrected chi connectivity index (χ0v) is 10.1. The third-order valence-electron chi connectivity index (χ3n) is 2.16. The van der Waals surface area contributed by atoms with Crippen LogP contribution in [0.15, 0.2) is 42.1 Å². The van der Waals surface area contributed by atoms with E-state index in [4.69, 9.17) is 0 Å². The number of phenols is 1. The molecule has 17 heavy (non-hydrogen) atoms. The van der Waals surface area contributed by atoms with Gasteiger partial charge in [0.05, 0.1) is 5.69 Å². The Balaban J connectivity index is 2.30. The molecule has 0 spiro atoms. The molecule has 0 aliphatic rings. The highest BCUT2D eigenvalue weighted by Gasteiger charge is 2.11. The summed E-state index contributed by atoms with van der Waals surface area (Å²) in [7, 11) is 0. The smallest absolute Gasteiger partial charge is 0.214 e. The molecular formula is C11H12N4OS. The van der Waals surface area contributed by atoms with Gasteiger partial charge < -0.3 is 5.11 Å². The van der Waals surface area contributed by atoms with Crippen molar-refractivity contribution < 1.29 is 5.11 Å². The van der Waals surface area contributed by atoms with Gasteiger partial charge in [-0.05, 0) is 41.6 Å². The number of aromatic nitrogens is 4. The van der Waals surface area contributed by atoms with E-state index in [1.165, 1.54) is 11.8 Å². The van der Waals surface area contributed by atoms with Crippen molar-refractivity contribution >= 4 is 11.8 Å². The lowest BCUT2D eigenvalue weighted by molar-refractivity contribution is 0.475. The molecule has 1 unspecified atom stereocenters. The monoisotopic (exact) mass is 248 g/mol. The molecule has 0 fully saturated rings. The Labute approximate surface area is 103 Å². The van der Waals surface area contributed by atoms with Gasteiger partial charge in [-0.2, -0.15) is 4.68 Å². The SMILES string of the molecule is C=CC(C)Sc1nnnn1-c1ccc(O)cc1. The van der Waals surface area contributed by atoms with Crippen LogP contribution in [0.2, 0.25) is 0 Å². The van der Waals surface area contributed by atoms with Gasteiger partial charge in [-0.3, -0.25) is 0 Å². The molecule has 1 aromatic heterocycles. The number of aromatic hydroxyl groups is 1. The molecule has 0 radical (unpaired) electrons. The minimum Gasteiger partial charge on any atom is -0.508 e. The van der Waals surface area contributed by atoms with Crippen LogP contribution in [0.4, 0.5) is 0 Å². The van der Waals surface area contributed by atoms with E-state index in [1.807, 2.05) is 13.0 Å². The molecule has 2 rings (SSSR count). The van der Waals surface area contributed by atoms with Gasteiger partial charge in [-0.1, -0.05) is 17.8 Å². The highest BCUT2D eigenvalue weighted by molar-refractivity contribution is 7.99. The van der Waals surface area contributed by atoms with Crippen LogP contribution >= 0.6 is 11.8 Å². The van der Waals surface area contributed by atoms with Gasteiger partial charge in [0.25, 0.3) is 0 Å². The first-order chi connectivity index (χ1) is 8.20. The van der Waals surface area contributed by atoms with Gasteiger partial charge in [0.1, 0.15) is 5.75 Å². The molecule has 1 atom stereocenters. The molecule has 1 aromatic carbocycles. The predicted octanol–water partition coefficient (Wildman–Crippen LogP) is 2.03. The predicted molar refractivity (Wildman–Crippen MR) is 66.3 cm³/mol. The average Bonchev–Trinajstić information content (AvgIpc) is 2.78. The van der Waals surface area contributed by atoms with Gasteiger partial charge in [0.2, 0.25) is 5.16 Å². The van der Waals surface area contributed by atoms with Crippen molar-refractivity contribution in [3.05, 3.63) is 36.9 Å². The first-order valence-corrected chi connectivity index (χ1v) is 5.95. The number of hydrogen-bond acceptors (Lipinski definition) is 5. The maximum Gasteiger partial charge on any atom is 0.214 e. The number of nitrogens with zero attached hydrogens (tertiary/aromatic N) is 4. The summed E-state index contributed by atoms with van der Waals surface area (Å²) >= 11 is 1.52. The molecule has 0 aliphatic heterocycles. The van der Waals surface area contributed by atoms with E-state index >= 15 is 0 Å². The molecule has 5 nitrogen and oxygen atoms in total. The molecule has 0 amide bonds. The van der Waals surface area contributed by atoms with Crippen molar-refractivity contribution in [2.75, 3.05) is 0 Å². The molecule has 6 heteroatoms. The summed E-state index contributed by atoms with van der Waals surface area (Å²) in [5.74, 6) is 0.218. The molecule has 0 saturated heterocycles. The quantitative estimate of drug-likeness (QED) is 0.662. The van der Waals surface area contributed by atoms with Crippen molar-refractivity contribution in [2.24, 2.45) is 0 Å². The maximum atomic E-state index is 9.23. The fraction of sp³-hybridized carbons (Fsp3) is 0.182. The second-order valence-electron chi connectivity index (χ2n) is 3.45. The van der Waals surface area contributed by atoms with Gasteiger partial charge in [0.15, 0.2) is 0 Å². The van der Waals surface area contributed by atoms with E-state index in [-0.39, 0.29) is 11.0 Å². The molecule has 2 aromatic rings. The highest BCUT2D eigenvalue weighted by Crippen LogP contribution is 2.23. The van der Waals surface area contributed by atoms with E-state index in [0.29, 0.717) is 5.16 Å². The summed E-state index contributed by atoms with van der Waals surface area (Å²) in [6.07, 6.45) is 1.83. The number of thioether (sulfide) groups is 1. The van der Waals surface area contributed by atoms with Crippen molar-refractivity contribution in [1.82, 2.24) is 20.2 Å². The zero-order chi connectivity index (χ0) is 12.3. The summed E-state index contributed by atoms with van der Waals surface area (Å²) < 4.78 is 1.63. The normalized spacial score (nSPS) is 12.3. The Morgan fingerprint density at radius 2 is 2.12 bits per heavy atom. The summed E-state index contributed by atoms with van der Waals surface area (Å²) in [5, 5.41) is 21.7. The third-order valence-corrected chi connectivity index (χ3v) is 3.19. The molecule has 1 heterocycles. The summed E-state index contributed by atoms with van der Waals surface area (Å²) in [6, 6.07) is 6.72. The standard InChI is InChI=1S/C11H12N4OS/c1-3-8(2)17-11-12-13-14-15(11)9-4-6-10(16)7-5-9/h3-8,16H,1H2,2H3. The Morgan fingerprint density at radius 3 is 2.76 bits per heavy atom. The summed E-state index contributed by atoms with van der Waals surface area (Å²) in [4.78, 5) is 0. The first-order valence-electron chi connectivity index (χ1n) is 5.07. The van der Waals surface area contributed by atoms with Gasteiger partial charge in [-0.15, -0.1) is 11.7 Å². The lowest BCUT2D eigenvalue weighted by atomic mass is 10.3. The number of rotatable bonds is 4. The number of benzene rings is 1. The first kappa shape index (κ1) is 11.7. The van der Waals surface area contributed by atoms with Crippen molar-refractivity contribution in [3.63, 3.8) is 0 Å². The minimum atomic E-state index is 0.218. The highest BCUT2D eigenvalue weighted by atomic mass is 32.2. The van der Waals surface area contributed by atoms with Crippen LogP contribution < -0.4 is 0 Å². The van der Waals surface area contributed by atoms with Crippen LogP contribution in [0, 0.1) is 0 Å². The molecular weight excluding hydrogens is 236 g/mol. The van der Waals surface area contributed by atoms with Crippen molar-refractivity contribution in [2.45, 2.75) is 17.3 Å². The van der Waals surface area contributed by atoms with Crippen LogP contribution in [0.25, 0.3) is 5.69 Å². The van der Waals surface area contributed by atoms with Gasteiger partial charge >= 0.3 is 0 Å². The van der Waals surface area contributed by atoms with E-state index in [2.05, 4.69) is 22.1 Å². The lowest BCUT2D eigenvalue weighted by Crippen LogP contribution is -2.01. The van der Waals surface area contributed by atoms with Crippen molar-refractivity contribution in [3.8, 4) is 11.4 Å². The maximum absolute atomic E-state index is 9.23. The largest absolute Gasteiger partial charge is 0.508 e. The second-order valence-corrected chi connectivity index (χ2v) is 4.79. The van der Waals surface area contributed by atoms with Gasteiger partial charge in [0, 0.05) is 5.25 Å². The summed E-state index contributed by atoms with van der Waals surface area (Å²) in [6.45, 7) is 5.74. The molecule has 0 saturated carbocycles. The van der Waals surface area contributed by atoms with Crippen LogP contribution in [-0.4, -0.2) is 30.6 Å². The molecule has 1 N–H and O–H groups in total. The average molecular weight is 248 g/mol. The van der Waals surface area contributed by atoms with E-state index in [0.717, 1.165) is 5.69 Å². The fourth-order valence-electron chi connectivity index (χ4n) is 1.22. The third kappa shape index (κ3) is 2.65. The Morgan fingerprint density at radius 1 is 1.41 bits per heavy atom. The topological polar surface area (TPSA) is 63.8 Å². The Hall–Kier alpha value is -1.82. The van der Waals surface area contributed by atoms with Crippen LogP contribution in [0.5, 0.6) is 5.75 Å². The molecule has 0 aliphatic carbocycles. The van der Waals surface area contributed by atoms with Crippen LogP contribution in [0.1, 0.15) is 6.92 Å². The van der Waals surface area contributed by atoms with E-state index < -0.39 is 0 Å².